The largest absolute Gasteiger partial charge is 0.490 e. The molecule has 2 atom stereocenters. The molecule has 0 bridgehead atoms. The number of hydrogen-bond donors (Lipinski definition) is 3. The van der Waals surface area contributed by atoms with Crippen LogP contribution in [0.25, 0.3) is 22.5 Å². The Morgan fingerprint density at radius 2 is 1.87 bits per heavy atom. The van der Waals surface area contributed by atoms with Crippen molar-refractivity contribution >= 4 is 11.8 Å². The van der Waals surface area contributed by atoms with Crippen molar-refractivity contribution in [1.29, 1.82) is 0 Å². The second-order valence-electron chi connectivity index (χ2n) is 11.4. The summed E-state index contributed by atoms with van der Waals surface area (Å²) in [5.41, 5.74) is 0.310. The minimum Gasteiger partial charge on any atom is -0.490 e. The standard InChI is InChI=1S/C32H27F4N5O5/c1-30(29(37)43)16-45-27-22(30)13-25(41-26(27)17-2-5-19(33)6-3-17)31(44,32(34,35)36)15-40-28(42)18-4-9-21(23-14-38-10-11-39-23)24(12-18)46-20-7-8-20/h2-6,9-14,20,44H,7-8,15-16H2,1H3,(H2,37,43)(H,40,42)/t30-,31?/m0/s1. The third kappa shape index (κ3) is 5.60. The monoisotopic (exact) mass is 637 g/mol. The Balaban J connectivity index is 1.37. The quantitative estimate of drug-likeness (QED) is 0.231. The molecule has 2 aromatic carbocycles. The molecule has 4 N–H and O–H groups in total. The lowest BCUT2D eigenvalue weighted by molar-refractivity contribution is -0.265. The highest BCUT2D eigenvalue weighted by molar-refractivity contribution is 5.95. The number of nitrogens with two attached hydrogens (primary N) is 1. The molecule has 4 aromatic rings. The number of fused-ring (bicyclic) bond motifs is 1. The van der Waals surface area contributed by atoms with Gasteiger partial charge in [0, 0.05) is 34.6 Å². The van der Waals surface area contributed by atoms with Crippen LogP contribution in [0.15, 0.2) is 67.1 Å². The van der Waals surface area contributed by atoms with Gasteiger partial charge in [-0.05, 0) is 68.3 Å². The Bertz CT molecular complexity index is 1820. The minimum atomic E-state index is -5.36. The highest BCUT2D eigenvalue weighted by Crippen LogP contribution is 2.47. The Kier molecular flexibility index (Phi) is 7.63. The van der Waals surface area contributed by atoms with Gasteiger partial charge in [0.2, 0.25) is 11.5 Å². The molecule has 1 aliphatic heterocycles. The number of alkyl halides is 3. The SMILES string of the molecule is C[C@]1(C(N)=O)COc2c1cc(C(O)(CNC(=O)c1ccc(-c3cnccn3)c(OC3CC3)c1)C(F)(F)F)nc2-c1ccc(F)cc1. The summed E-state index contributed by atoms with van der Waals surface area (Å²) in [6.45, 7) is -0.253. The number of carbonyl (C=O) groups excluding carboxylic acids is 2. The number of nitrogens with zero attached hydrogens (tertiary/aromatic N) is 3. The number of pyridine rings is 1. The van der Waals surface area contributed by atoms with Crippen LogP contribution >= 0.6 is 0 Å². The lowest BCUT2D eigenvalue weighted by Gasteiger charge is -2.31. The number of nitrogens with one attached hydrogen (secondary N) is 1. The Hall–Kier alpha value is -5.11. The average molecular weight is 638 g/mol. The third-order valence-corrected chi connectivity index (χ3v) is 8.03. The van der Waals surface area contributed by atoms with Crippen LogP contribution in [0, 0.1) is 5.82 Å². The van der Waals surface area contributed by atoms with Gasteiger partial charge in [-0.1, -0.05) is 0 Å². The summed E-state index contributed by atoms with van der Waals surface area (Å²) in [6.07, 6.45) is 0.678. The van der Waals surface area contributed by atoms with Gasteiger partial charge < -0.3 is 25.6 Å². The van der Waals surface area contributed by atoms with Gasteiger partial charge in [-0.2, -0.15) is 13.2 Å². The van der Waals surface area contributed by atoms with Crippen LogP contribution in [0.5, 0.6) is 11.5 Å². The van der Waals surface area contributed by atoms with Gasteiger partial charge in [0.1, 0.15) is 35.0 Å². The Morgan fingerprint density at radius 1 is 1.13 bits per heavy atom. The molecular weight excluding hydrogens is 610 g/mol. The second kappa shape index (κ2) is 11.4. The molecule has 2 aromatic heterocycles. The smallest absolute Gasteiger partial charge is 0.424 e. The second-order valence-corrected chi connectivity index (χ2v) is 11.4. The lowest BCUT2D eigenvalue weighted by atomic mass is 9.81. The number of rotatable bonds is 9. The van der Waals surface area contributed by atoms with Crippen molar-refractivity contribution in [2.24, 2.45) is 5.73 Å². The Labute approximate surface area is 259 Å². The molecule has 0 spiro atoms. The molecule has 238 valence electrons. The van der Waals surface area contributed by atoms with Crippen molar-refractivity contribution in [3.63, 3.8) is 0 Å². The zero-order valence-electron chi connectivity index (χ0n) is 24.3. The molecule has 2 aliphatic rings. The zero-order valence-corrected chi connectivity index (χ0v) is 24.3. The number of carbonyl (C=O) groups is 2. The van der Waals surface area contributed by atoms with E-state index in [9.17, 15) is 32.3 Å². The summed E-state index contributed by atoms with van der Waals surface area (Å²) >= 11 is 0. The van der Waals surface area contributed by atoms with Crippen LogP contribution in [0.3, 0.4) is 0 Å². The highest BCUT2D eigenvalue weighted by atomic mass is 19.4. The number of aliphatic hydroxyl groups is 1. The van der Waals surface area contributed by atoms with Gasteiger partial charge in [-0.15, -0.1) is 0 Å². The summed E-state index contributed by atoms with van der Waals surface area (Å²) in [6, 6.07) is 9.92. The van der Waals surface area contributed by atoms with Gasteiger partial charge in [-0.3, -0.25) is 19.6 Å². The normalized spacial score (nSPS) is 18.7. The van der Waals surface area contributed by atoms with Crippen LogP contribution in [0.4, 0.5) is 17.6 Å². The van der Waals surface area contributed by atoms with Crippen molar-refractivity contribution in [2.75, 3.05) is 13.2 Å². The molecule has 0 saturated heterocycles. The number of amides is 2. The van der Waals surface area contributed by atoms with Crippen molar-refractivity contribution in [1.82, 2.24) is 20.3 Å². The third-order valence-electron chi connectivity index (χ3n) is 8.03. The minimum absolute atomic E-state index is 0.0309. The van der Waals surface area contributed by atoms with Gasteiger partial charge >= 0.3 is 6.18 Å². The molecular formula is C32H27F4N5O5. The van der Waals surface area contributed by atoms with E-state index in [0.29, 0.717) is 17.0 Å². The Morgan fingerprint density at radius 3 is 2.50 bits per heavy atom. The maximum Gasteiger partial charge on any atom is 0.424 e. The molecule has 6 rings (SSSR count). The van der Waals surface area contributed by atoms with E-state index in [1.807, 2.05) is 0 Å². The highest BCUT2D eigenvalue weighted by Gasteiger charge is 2.57. The first-order chi connectivity index (χ1) is 21.8. The molecule has 1 saturated carbocycles. The van der Waals surface area contributed by atoms with E-state index in [1.165, 1.54) is 49.8 Å². The number of ether oxygens (including phenoxy) is 2. The fraction of sp³-hybridized carbons (Fsp3) is 0.281. The maximum absolute atomic E-state index is 14.7. The topological polar surface area (TPSA) is 150 Å². The number of aromatic nitrogens is 3. The number of hydrogen-bond acceptors (Lipinski definition) is 8. The zero-order chi connectivity index (χ0) is 32.9. The van der Waals surface area contributed by atoms with E-state index in [4.69, 9.17) is 15.2 Å². The van der Waals surface area contributed by atoms with Crippen molar-refractivity contribution in [2.45, 2.75) is 43.1 Å². The summed E-state index contributed by atoms with van der Waals surface area (Å²) in [5, 5.41) is 13.5. The molecule has 1 unspecified atom stereocenters. The van der Waals surface area contributed by atoms with Gasteiger partial charge in [0.15, 0.2) is 0 Å². The first kappa shape index (κ1) is 30.9. The molecule has 2 amide bonds. The molecule has 3 heterocycles. The first-order valence-corrected chi connectivity index (χ1v) is 14.2. The van der Waals surface area contributed by atoms with Gasteiger partial charge in [0.05, 0.1) is 30.2 Å². The van der Waals surface area contributed by atoms with Crippen LogP contribution in [-0.2, 0) is 15.8 Å². The van der Waals surface area contributed by atoms with Crippen LogP contribution in [0.1, 0.15) is 41.4 Å². The van der Waals surface area contributed by atoms with Gasteiger partial charge in [0.25, 0.3) is 5.91 Å². The van der Waals surface area contributed by atoms with Crippen LogP contribution in [-0.4, -0.2) is 57.3 Å². The molecule has 0 radical (unpaired) electrons. The summed E-state index contributed by atoms with van der Waals surface area (Å²) in [5.74, 6) is -2.15. The predicted molar refractivity (Wildman–Crippen MR) is 155 cm³/mol. The van der Waals surface area contributed by atoms with Crippen LogP contribution < -0.4 is 20.5 Å². The molecule has 1 aliphatic carbocycles. The van der Waals surface area contributed by atoms with E-state index < -0.39 is 47.1 Å². The summed E-state index contributed by atoms with van der Waals surface area (Å²) < 4.78 is 69.5. The predicted octanol–water partition coefficient (Wildman–Crippen LogP) is 4.20. The van der Waals surface area contributed by atoms with Crippen molar-refractivity contribution in [3.05, 3.63) is 89.8 Å². The number of halogens is 4. The first-order valence-electron chi connectivity index (χ1n) is 14.2. The molecule has 10 nitrogen and oxygen atoms in total. The average Bonchev–Trinajstić information content (AvgIpc) is 3.79. The van der Waals surface area contributed by atoms with Crippen molar-refractivity contribution < 1.29 is 41.7 Å². The summed E-state index contributed by atoms with van der Waals surface area (Å²) in [4.78, 5) is 38.1. The van der Waals surface area contributed by atoms with E-state index in [1.54, 1.807) is 6.07 Å². The molecule has 1 fully saturated rings. The molecule has 46 heavy (non-hydrogen) atoms. The lowest BCUT2D eigenvalue weighted by Crippen LogP contribution is -2.51. The number of benzene rings is 2. The van der Waals surface area contributed by atoms with E-state index >= 15 is 0 Å². The van der Waals surface area contributed by atoms with E-state index in [0.717, 1.165) is 31.0 Å². The van der Waals surface area contributed by atoms with Crippen molar-refractivity contribution in [3.8, 4) is 34.0 Å². The van der Waals surface area contributed by atoms with Gasteiger partial charge in [-0.25, -0.2) is 9.37 Å². The maximum atomic E-state index is 14.7. The molecule has 14 heteroatoms. The van der Waals surface area contributed by atoms with Crippen LogP contribution in [0.2, 0.25) is 0 Å². The number of primary amides is 1. The fourth-order valence-electron chi connectivity index (χ4n) is 5.03. The fourth-order valence-corrected chi connectivity index (χ4v) is 5.03. The summed E-state index contributed by atoms with van der Waals surface area (Å²) in [7, 11) is 0. The van der Waals surface area contributed by atoms with E-state index in [2.05, 4.69) is 20.3 Å². The van der Waals surface area contributed by atoms with E-state index in [-0.39, 0.29) is 40.8 Å².